The Morgan fingerprint density at radius 2 is 2.04 bits per heavy atom. The molecule has 0 N–H and O–H groups in total. The Morgan fingerprint density at radius 3 is 2.70 bits per heavy atom. The molecule has 7 nitrogen and oxygen atoms in total. The number of pyridine rings is 1. The van der Waals surface area contributed by atoms with E-state index in [1.807, 2.05) is 25.1 Å². The third-order valence-corrected chi connectivity index (χ3v) is 8.44. The van der Waals surface area contributed by atoms with Gasteiger partial charge in [0.15, 0.2) is 6.16 Å². The van der Waals surface area contributed by atoms with Crippen molar-refractivity contribution in [3.8, 4) is 0 Å². The van der Waals surface area contributed by atoms with Crippen molar-refractivity contribution in [1.29, 1.82) is 0 Å². The van der Waals surface area contributed by atoms with Gasteiger partial charge in [0.2, 0.25) is 0 Å². The maximum atomic E-state index is 12.2. The minimum Gasteiger partial charge on any atom is -0.330 e. The number of imide groups is 1. The van der Waals surface area contributed by atoms with E-state index in [9.17, 15) is 18.9 Å². The van der Waals surface area contributed by atoms with Gasteiger partial charge in [-0.3, -0.25) is 9.59 Å². The standard InChI is InChI=1S/C17H22N2O5PS2/c1-13(26-27-14-6-2-4-10-18-14)12-25(23)11-5-3-7-17(22)24-19-15(20)8-9-16(19)21/h2,4,6,10,13H,3,5,7-9,11-12H2,1H3/q+1. The molecule has 1 aliphatic rings. The maximum Gasteiger partial charge on any atom is 0.339 e. The fourth-order valence-electron chi connectivity index (χ4n) is 2.30. The molecule has 2 rings (SSSR count). The van der Waals surface area contributed by atoms with Gasteiger partial charge < -0.3 is 4.84 Å². The van der Waals surface area contributed by atoms with Gasteiger partial charge >= 0.3 is 13.8 Å². The van der Waals surface area contributed by atoms with E-state index >= 15 is 0 Å². The highest BCUT2D eigenvalue weighted by atomic mass is 33.1. The topological polar surface area (TPSA) is 93.6 Å². The first-order valence-corrected chi connectivity index (χ1v) is 12.5. The second-order valence-electron chi connectivity index (χ2n) is 6.05. The number of unbranched alkanes of at least 4 members (excludes halogenated alkanes) is 1. The molecule has 1 fully saturated rings. The van der Waals surface area contributed by atoms with Gasteiger partial charge in [0.05, 0.1) is 5.25 Å². The molecule has 27 heavy (non-hydrogen) atoms. The van der Waals surface area contributed by atoms with Gasteiger partial charge in [0, 0.05) is 25.5 Å². The molecule has 0 radical (unpaired) electrons. The summed E-state index contributed by atoms with van der Waals surface area (Å²) in [5.74, 6) is -1.57. The van der Waals surface area contributed by atoms with Gasteiger partial charge in [-0.2, -0.15) is 0 Å². The van der Waals surface area contributed by atoms with Crippen LogP contribution in [0.5, 0.6) is 0 Å². The number of aromatic nitrogens is 1. The Bertz CT molecular complexity index is 673. The van der Waals surface area contributed by atoms with Crippen LogP contribution >= 0.6 is 29.4 Å². The van der Waals surface area contributed by atoms with Crippen molar-refractivity contribution in [1.82, 2.24) is 10.0 Å². The van der Waals surface area contributed by atoms with Crippen molar-refractivity contribution in [3.05, 3.63) is 24.4 Å². The van der Waals surface area contributed by atoms with Crippen molar-refractivity contribution in [3.63, 3.8) is 0 Å². The fourth-order valence-corrected chi connectivity index (χ4v) is 6.51. The summed E-state index contributed by atoms with van der Waals surface area (Å²) >= 11 is 0. The highest BCUT2D eigenvalue weighted by Gasteiger charge is 2.32. The second-order valence-corrected chi connectivity index (χ2v) is 10.5. The van der Waals surface area contributed by atoms with Crippen molar-refractivity contribution in [2.75, 3.05) is 12.3 Å². The van der Waals surface area contributed by atoms with E-state index in [1.165, 1.54) is 0 Å². The molecule has 1 aromatic rings. The predicted molar refractivity (Wildman–Crippen MR) is 106 cm³/mol. The van der Waals surface area contributed by atoms with E-state index in [2.05, 4.69) is 4.98 Å². The van der Waals surface area contributed by atoms with Crippen LogP contribution in [0.4, 0.5) is 0 Å². The van der Waals surface area contributed by atoms with Crippen LogP contribution in [0.2, 0.25) is 0 Å². The number of hydrogen-bond acceptors (Lipinski definition) is 8. The number of carbonyl (C=O) groups is 3. The summed E-state index contributed by atoms with van der Waals surface area (Å²) in [7, 11) is 1.89. The second kappa shape index (κ2) is 11.4. The lowest BCUT2D eigenvalue weighted by Gasteiger charge is -2.12. The largest absolute Gasteiger partial charge is 0.339 e. The first-order valence-electron chi connectivity index (χ1n) is 8.68. The normalized spacial score (nSPS) is 15.7. The van der Waals surface area contributed by atoms with Crippen LogP contribution in [0.25, 0.3) is 0 Å². The van der Waals surface area contributed by atoms with E-state index < -0.39 is 25.6 Å². The van der Waals surface area contributed by atoms with Crippen LogP contribution in [-0.4, -0.2) is 45.4 Å². The minimum absolute atomic E-state index is 0.0847. The average Bonchev–Trinajstić information content (AvgIpc) is 2.96. The molecule has 1 aromatic heterocycles. The monoisotopic (exact) mass is 429 g/mol. The molecule has 2 heterocycles. The van der Waals surface area contributed by atoms with Gasteiger partial charge in [-0.1, -0.05) is 21.4 Å². The molecule has 1 saturated heterocycles. The Hall–Kier alpha value is -1.44. The fraction of sp³-hybridized carbons (Fsp3) is 0.529. The molecule has 10 heteroatoms. The van der Waals surface area contributed by atoms with Gasteiger partial charge in [-0.15, -0.1) is 5.06 Å². The minimum atomic E-state index is -1.33. The molecule has 0 aromatic carbocycles. The molecule has 146 valence electrons. The predicted octanol–water partition coefficient (Wildman–Crippen LogP) is 3.82. The van der Waals surface area contributed by atoms with Crippen molar-refractivity contribution < 1.29 is 23.8 Å². The van der Waals surface area contributed by atoms with E-state index in [1.54, 1.807) is 27.8 Å². The number of rotatable bonds is 11. The van der Waals surface area contributed by atoms with E-state index in [0.29, 0.717) is 30.2 Å². The zero-order valence-corrected chi connectivity index (χ0v) is 17.6. The Morgan fingerprint density at radius 1 is 1.30 bits per heavy atom. The smallest absolute Gasteiger partial charge is 0.330 e. The lowest BCUT2D eigenvalue weighted by molar-refractivity contribution is -0.197. The molecule has 0 bridgehead atoms. The number of nitrogens with zero attached hydrogens (tertiary/aromatic N) is 2. The number of hydrogen-bond donors (Lipinski definition) is 0. The van der Waals surface area contributed by atoms with Crippen LogP contribution in [-0.2, 0) is 23.8 Å². The Balaban J connectivity index is 1.55. The molecule has 2 amide bonds. The van der Waals surface area contributed by atoms with Crippen LogP contribution in [0.1, 0.15) is 39.0 Å². The highest BCUT2D eigenvalue weighted by molar-refractivity contribution is 8.76. The van der Waals surface area contributed by atoms with Crippen LogP contribution in [0.3, 0.4) is 0 Å². The van der Waals surface area contributed by atoms with Crippen LogP contribution < -0.4 is 0 Å². The lowest BCUT2D eigenvalue weighted by atomic mass is 10.2. The Labute approximate surface area is 167 Å². The summed E-state index contributed by atoms with van der Waals surface area (Å²) in [5.41, 5.74) is 0. The quantitative estimate of drug-likeness (QED) is 0.227. The zero-order valence-electron chi connectivity index (χ0n) is 15.0. The highest BCUT2D eigenvalue weighted by Crippen LogP contribution is 2.37. The molecule has 0 saturated carbocycles. The van der Waals surface area contributed by atoms with Crippen LogP contribution in [0, 0.1) is 0 Å². The summed E-state index contributed by atoms with van der Waals surface area (Å²) in [6.45, 7) is 2.04. The molecule has 1 aliphatic heterocycles. The number of carbonyl (C=O) groups excluding carboxylic acids is 3. The molecular formula is C17H22N2O5PS2+. The van der Waals surface area contributed by atoms with Crippen molar-refractivity contribution in [2.45, 2.75) is 49.3 Å². The number of hydroxylamine groups is 2. The lowest BCUT2D eigenvalue weighted by Crippen LogP contribution is -2.31. The summed E-state index contributed by atoms with van der Waals surface area (Å²) in [6, 6.07) is 5.74. The first-order chi connectivity index (χ1) is 13.0. The Kier molecular flexibility index (Phi) is 9.24. The van der Waals surface area contributed by atoms with Gasteiger partial charge in [-0.25, -0.2) is 9.78 Å². The van der Waals surface area contributed by atoms with Gasteiger partial charge in [0.25, 0.3) is 11.8 Å². The number of amides is 2. The van der Waals surface area contributed by atoms with Crippen molar-refractivity contribution in [2.24, 2.45) is 0 Å². The summed E-state index contributed by atoms with van der Waals surface area (Å²) < 4.78 is 12.2. The zero-order chi connectivity index (χ0) is 19.6. The molecule has 0 spiro atoms. The summed E-state index contributed by atoms with van der Waals surface area (Å²) in [4.78, 5) is 43.4. The molecule has 2 unspecified atom stereocenters. The van der Waals surface area contributed by atoms with Crippen molar-refractivity contribution >= 4 is 47.2 Å². The molecular weight excluding hydrogens is 407 g/mol. The van der Waals surface area contributed by atoms with Crippen LogP contribution in [0.15, 0.2) is 29.4 Å². The first kappa shape index (κ1) is 21.9. The van der Waals surface area contributed by atoms with Gasteiger partial charge in [0.1, 0.15) is 11.2 Å². The SMILES string of the molecule is CC(C[P+](=O)CCCCC(=O)ON1C(=O)CCC1=O)SSc1ccccn1. The average molecular weight is 429 g/mol. The van der Waals surface area contributed by atoms with E-state index in [-0.39, 0.29) is 24.5 Å². The van der Waals surface area contributed by atoms with E-state index in [4.69, 9.17) is 4.84 Å². The summed E-state index contributed by atoms with van der Waals surface area (Å²) in [5, 5.41) is 1.72. The van der Waals surface area contributed by atoms with Gasteiger partial charge in [-0.05, 0) is 42.7 Å². The third-order valence-electron chi connectivity index (χ3n) is 3.63. The molecule has 0 aliphatic carbocycles. The molecule has 2 atom stereocenters. The summed E-state index contributed by atoms with van der Waals surface area (Å²) in [6.07, 6.45) is 4.32. The van der Waals surface area contributed by atoms with E-state index in [0.717, 1.165) is 5.03 Å². The third kappa shape index (κ3) is 7.99. The maximum absolute atomic E-state index is 12.2.